The van der Waals surface area contributed by atoms with Crippen molar-refractivity contribution in [3.05, 3.63) is 29.7 Å². The van der Waals surface area contributed by atoms with E-state index in [2.05, 4.69) is 0 Å². The zero-order chi connectivity index (χ0) is 13.7. The fourth-order valence-electron chi connectivity index (χ4n) is 1.40. The van der Waals surface area contributed by atoms with E-state index in [0.29, 0.717) is 5.76 Å². The molecule has 5 heteroatoms. The molecule has 1 N–H and O–H groups in total. The van der Waals surface area contributed by atoms with Gasteiger partial charge < -0.3 is 14.4 Å². The zero-order valence-electron chi connectivity index (χ0n) is 10.7. The number of carbonyl (C=O) groups is 2. The van der Waals surface area contributed by atoms with E-state index in [1.807, 2.05) is 6.92 Å². The van der Waals surface area contributed by atoms with Crippen LogP contribution in [0, 0.1) is 12.8 Å². The van der Waals surface area contributed by atoms with Crippen LogP contribution in [-0.2, 0) is 9.59 Å². The highest BCUT2D eigenvalue weighted by molar-refractivity contribution is 5.91. The minimum atomic E-state index is -0.916. The Hall–Kier alpha value is -2.04. The summed E-state index contributed by atoms with van der Waals surface area (Å²) >= 11 is 0. The van der Waals surface area contributed by atoms with Gasteiger partial charge in [-0.2, -0.15) is 0 Å². The second kappa shape index (κ2) is 6.05. The summed E-state index contributed by atoms with van der Waals surface area (Å²) in [5.74, 6) is -0.383. The lowest BCUT2D eigenvalue weighted by molar-refractivity contribution is -0.142. The van der Waals surface area contributed by atoms with Gasteiger partial charge in [-0.1, -0.05) is 6.92 Å². The topological polar surface area (TPSA) is 70.8 Å². The average molecular weight is 251 g/mol. The highest BCUT2D eigenvalue weighted by Crippen LogP contribution is 2.08. The number of likely N-dealkylation sites (N-methyl/N-ethyl adjacent to an activating group) is 1. The van der Waals surface area contributed by atoms with Crippen LogP contribution in [-0.4, -0.2) is 35.5 Å². The first-order valence-corrected chi connectivity index (χ1v) is 5.62. The third-order valence-electron chi connectivity index (χ3n) is 2.50. The average Bonchev–Trinajstić information content (AvgIpc) is 2.71. The minimum Gasteiger partial charge on any atom is -0.481 e. The van der Waals surface area contributed by atoms with Crippen LogP contribution < -0.4 is 0 Å². The van der Waals surface area contributed by atoms with Gasteiger partial charge >= 0.3 is 5.97 Å². The van der Waals surface area contributed by atoms with Crippen molar-refractivity contribution in [2.45, 2.75) is 13.8 Å². The Balaban J connectivity index is 2.54. The van der Waals surface area contributed by atoms with Crippen LogP contribution in [0.1, 0.15) is 18.4 Å². The Morgan fingerprint density at radius 1 is 1.50 bits per heavy atom. The summed E-state index contributed by atoms with van der Waals surface area (Å²) in [6.45, 7) is 3.56. The Morgan fingerprint density at radius 3 is 2.67 bits per heavy atom. The van der Waals surface area contributed by atoms with Crippen LogP contribution in [0.4, 0.5) is 0 Å². The molecule has 0 aliphatic rings. The normalized spacial score (nSPS) is 12.6. The first kappa shape index (κ1) is 14.0. The number of furan rings is 1. The van der Waals surface area contributed by atoms with Crippen molar-refractivity contribution in [1.82, 2.24) is 4.90 Å². The van der Waals surface area contributed by atoms with E-state index in [0.717, 1.165) is 5.76 Å². The van der Waals surface area contributed by atoms with Gasteiger partial charge in [0.15, 0.2) is 0 Å². The molecule has 5 nitrogen and oxygen atoms in total. The number of hydrogen-bond acceptors (Lipinski definition) is 3. The monoisotopic (exact) mass is 251 g/mol. The van der Waals surface area contributed by atoms with Gasteiger partial charge in [0.05, 0.1) is 5.92 Å². The number of aryl methyl sites for hydroxylation is 1. The van der Waals surface area contributed by atoms with Crippen molar-refractivity contribution in [2.24, 2.45) is 5.92 Å². The summed E-state index contributed by atoms with van der Waals surface area (Å²) in [5, 5.41) is 8.75. The first-order valence-electron chi connectivity index (χ1n) is 5.62. The number of carboxylic acids is 1. The molecular formula is C13H17NO4. The maximum atomic E-state index is 11.7. The van der Waals surface area contributed by atoms with Crippen LogP contribution in [0.25, 0.3) is 6.08 Å². The van der Waals surface area contributed by atoms with Crippen molar-refractivity contribution >= 4 is 18.0 Å². The molecule has 1 amide bonds. The third-order valence-corrected chi connectivity index (χ3v) is 2.50. The van der Waals surface area contributed by atoms with E-state index in [1.165, 1.54) is 11.0 Å². The second-order valence-corrected chi connectivity index (χ2v) is 4.24. The molecule has 1 aromatic rings. The molecule has 0 aliphatic carbocycles. The van der Waals surface area contributed by atoms with Gasteiger partial charge in [0, 0.05) is 19.7 Å². The number of aliphatic carboxylic acids is 1. The number of carboxylic acid groups (broad SMARTS) is 1. The standard InChI is InChI=1S/C13H17NO4/c1-9(13(16)17)8-14(3)12(15)7-6-11-5-4-10(2)18-11/h4-7,9H,8H2,1-3H3,(H,16,17)/b7-6+. The smallest absolute Gasteiger partial charge is 0.308 e. The van der Waals surface area contributed by atoms with Crippen molar-refractivity contribution < 1.29 is 19.1 Å². The van der Waals surface area contributed by atoms with Crippen molar-refractivity contribution in [3.8, 4) is 0 Å². The lowest BCUT2D eigenvalue weighted by Crippen LogP contribution is -2.32. The van der Waals surface area contributed by atoms with Crippen LogP contribution in [0.3, 0.4) is 0 Å². The predicted molar refractivity (Wildman–Crippen MR) is 66.9 cm³/mol. The fraction of sp³-hybridized carbons (Fsp3) is 0.385. The Labute approximate surface area is 106 Å². The van der Waals surface area contributed by atoms with Crippen LogP contribution in [0.15, 0.2) is 22.6 Å². The molecule has 0 bridgehead atoms. The molecular weight excluding hydrogens is 234 g/mol. The van der Waals surface area contributed by atoms with Crippen LogP contribution in [0.5, 0.6) is 0 Å². The van der Waals surface area contributed by atoms with Crippen LogP contribution in [0.2, 0.25) is 0 Å². The number of amides is 1. The maximum absolute atomic E-state index is 11.7. The Morgan fingerprint density at radius 2 is 2.17 bits per heavy atom. The summed E-state index contributed by atoms with van der Waals surface area (Å²) in [6, 6.07) is 3.57. The lowest BCUT2D eigenvalue weighted by atomic mass is 10.2. The Kier molecular flexibility index (Phi) is 4.71. The zero-order valence-corrected chi connectivity index (χ0v) is 10.7. The van der Waals surface area contributed by atoms with E-state index in [9.17, 15) is 9.59 Å². The van der Waals surface area contributed by atoms with E-state index in [-0.39, 0.29) is 12.5 Å². The summed E-state index contributed by atoms with van der Waals surface area (Å²) < 4.78 is 5.28. The molecule has 1 atom stereocenters. The molecule has 0 spiro atoms. The van der Waals surface area contributed by atoms with E-state index >= 15 is 0 Å². The SMILES string of the molecule is Cc1ccc(/C=C/C(=O)N(C)CC(C)C(=O)O)o1. The predicted octanol–water partition coefficient (Wildman–Crippen LogP) is 1.78. The molecule has 0 radical (unpaired) electrons. The first-order chi connectivity index (χ1) is 8.40. The molecule has 1 heterocycles. The van der Waals surface area contributed by atoms with Crippen LogP contribution >= 0.6 is 0 Å². The van der Waals surface area contributed by atoms with E-state index < -0.39 is 11.9 Å². The molecule has 98 valence electrons. The maximum Gasteiger partial charge on any atom is 0.308 e. The van der Waals surface area contributed by atoms with Crippen molar-refractivity contribution in [3.63, 3.8) is 0 Å². The van der Waals surface area contributed by atoms with Gasteiger partial charge in [-0.15, -0.1) is 0 Å². The fourth-order valence-corrected chi connectivity index (χ4v) is 1.40. The summed E-state index contributed by atoms with van der Waals surface area (Å²) in [7, 11) is 1.57. The van der Waals surface area contributed by atoms with Crippen molar-refractivity contribution in [1.29, 1.82) is 0 Å². The van der Waals surface area contributed by atoms with E-state index in [4.69, 9.17) is 9.52 Å². The van der Waals surface area contributed by atoms with Gasteiger partial charge in [0.1, 0.15) is 11.5 Å². The Bertz CT molecular complexity index is 461. The number of rotatable bonds is 5. The summed E-state index contributed by atoms with van der Waals surface area (Å²) in [4.78, 5) is 23.7. The molecule has 0 saturated heterocycles. The van der Waals surface area contributed by atoms with Gasteiger partial charge in [0.2, 0.25) is 5.91 Å². The number of nitrogens with zero attached hydrogens (tertiary/aromatic N) is 1. The number of carbonyl (C=O) groups excluding carboxylic acids is 1. The molecule has 0 aliphatic heterocycles. The summed E-state index contributed by atoms with van der Waals surface area (Å²) in [6.07, 6.45) is 2.93. The minimum absolute atomic E-state index is 0.176. The number of hydrogen-bond donors (Lipinski definition) is 1. The molecule has 1 aromatic heterocycles. The molecule has 1 rings (SSSR count). The lowest BCUT2D eigenvalue weighted by Gasteiger charge is -2.17. The molecule has 18 heavy (non-hydrogen) atoms. The molecule has 1 unspecified atom stereocenters. The second-order valence-electron chi connectivity index (χ2n) is 4.24. The van der Waals surface area contributed by atoms with Gasteiger partial charge in [0.25, 0.3) is 0 Å². The highest BCUT2D eigenvalue weighted by atomic mass is 16.4. The largest absolute Gasteiger partial charge is 0.481 e. The van der Waals surface area contributed by atoms with Gasteiger partial charge in [-0.25, -0.2) is 0 Å². The molecule has 0 aromatic carbocycles. The van der Waals surface area contributed by atoms with Crippen molar-refractivity contribution in [2.75, 3.05) is 13.6 Å². The summed E-state index contributed by atoms with van der Waals surface area (Å²) in [5.41, 5.74) is 0. The quantitative estimate of drug-likeness (QED) is 0.810. The molecule has 0 fully saturated rings. The van der Waals surface area contributed by atoms with E-state index in [1.54, 1.807) is 32.2 Å². The van der Waals surface area contributed by atoms with Gasteiger partial charge in [-0.05, 0) is 25.1 Å². The van der Waals surface area contributed by atoms with Gasteiger partial charge in [-0.3, -0.25) is 9.59 Å². The highest BCUT2D eigenvalue weighted by Gasteiger charge is 2.15. The third kappa shape index (κ3) is 4.08. The molecule has 0 saturated carbocycles.